The molecule has 0 aliphatic rings. The Kier molecular flexibility index (Phi) is 13.1. The van der Waals surface area contributed by atoms with E-state index in [4.69, 9.17) is 23.7 Å². The van der Waals surface area contributed by atoms with E-state index in [1.165, 1.54) is 0 Å². The van der Waals surface area contributed by atoms with Gasteiger partial charge in [-0.15, -0.1) is 0 Å². The third kappa shape index (κ3) is 13.4. The summed E-state index contributed by atoms with van der Waals surface area (Å²) in [5.74, 6) is 0.732. The van der Waals surface area contributed by atoms with Gasteiger partial charge in [-0.25, -0.2) is 4.79 Å². The molecule has 0 fully saturated rings. The lowest BCUT2D eigenvalue weighted by atomic mass is 10.1. The zero-order valence-corrected chi connectivity index (χ0v) is 18.6. The summed E-state index contributed by atoms with van der Waals surface area (Å²) in [5, 5.41) is 12.2. The smallest absolute Gasteiger partial charge is 0.407 e. The molecule has 1 atom stereocenters. The van der Waals surface area contributed by atoms with Crippen molar-refractivity contribution in [3.05, 3.63) is 29.8 Å². The fraction of sp³-hybridized carbons (Fsp3) is 0.682. The first kappa shape index (κ1) is 26.2. The van der Waals surface area contributed by atoms with Crippen LogP contribution in [0, 0.1) is 0 Å². The number of ether oxygens (including phenoxy) is 5. The van der Waals surface area contributed by atoms with Crippen molar-refractivity contribution >= 4 is 6.09 Å². The van der Waals surface area contributed by atoms with E-state index in [1.54, 1.807) is 20.8 Å². The Hall–Kier alpha value is -1.87. The molecule has 0 spiro atoms. The van der Waals surface area contributed by atoms with Crippen LogP contribution >= 0.6 is 0 Å². The van der Waals surface area contributed by atoms with Crippen LogP contribution in [-0.2, 0) is 25.4 Å². The minimum atomic E-state index is -0.580. The second-order valence-electron chi connectivity index (χ2n) is 7.64. The molecule has 1 amide bonds. The lowest BCUT2D eigenvalue weighted by Crippen LogP contribution is -2.42. The number of rotatable bonds is 15. The maximum atomic E-state index is 11.9. The number of amides is 1. The van der Waals surface area contributed by atoms with E-state index in [9.17, 15) is 9.90 Å². The summed E-state index contributed by atoms with van der Waals surface area (Å²) in [5.41, 5.74) is 0.390. The average molecular weight is 428 g/mol. The van der Waals surface area contributed by atoms with Gasteiger partial charge in [-0.3, -0.25) is 0 Å². The SMILES string of the molecule is CCOCCOCCOCCOc1ccc(C[C@@H](CO)NC(=O)OC(C)(C)C)cc1. The molecule has 0 unspecified atom stereocenters. The van der Waals surface area contributed by atoms with E-state index in [2.05, 4.69) is 5.32 Å². The third-order valence-electron chi connectivity index (χ3n) is 3.79. The largest absolute Gasteiger partial charge is 0.491 e. The Labute approximate surface area is 179 Å². The summed E-state index contributed by atoms with van der Waals surface area (Å²) < 4.78 is 26.9. The number of nitrogens with one attached hydrogen (secondary N) is 1. The van der Waals surface area contributed by atoms with Crippen molar-refractivity contribution in [1.29, 1.82) is 0 Å². The number of benzene rings is 1. The van der Waals surface area contributed by atoms with Gasteiger partial charge in [0.25, 0.3) is 0 Å². The van der Waals surface area contributed by atoms with Crippen LogP contribution in [0.4, 0.5) is 4.79 Å². The van der Waals surface area contributed by atoms with Crippen molar-refractivity contribution in [1.82, 2.24) is 5.32 Å². The maximum Gasteiger partial charge on any atom is 0.407 e. The Balaban J connectivity index is 2.22. The molecule has 1 aromatic carbocycles. The lowest BCUT2D eigenvalue weighted by Gasteiger charge is -2.22. The Morgan fingerprint density at radius 1 is 0.967 bits per heavy atom. The summed E-state index contributed by atoms with van der Waals surface area (Å²) >= 11 is 0. The van der Waals surface area contributed by atoms with E-state index in [1.807, 2.05) is 31.2 Å². The zero-order valence-electron chi connectivity index (χ0n) is 18.6. The van der Waals surface area contributed by atoms with Crippen molar-refractivity contribution in [3.8, 4) is 5.75 Å². The van der Waals surface area contributed by atoms with Gasteiger partial charge in [0.2, 0.25) is 0 Å². The van der Waals surface area contributed by atoms with Crippen LogP contribution in [0.15, 0.2) is 24.3 Å². The fourth-order valence-corrected chi connectivity index (χ4v) is 2.44. The van der Waals surface area contributed by atoms with Crippen molar-refractivity contribution in [2.24, 2.45) is 0 Å². The van der Waals surface area contributed by atoms with Crippen LogP contribution in [0.1, 0.15) is 33.3 Å². The van der Waals surface area contributed by atoms with Crippen molar-refractivity contribution in [3.63, 3.8) is 0 Å². The quantitative estimate of drug-likeness (QED) is 0.415. The molecule has 0 heterocycles. The van der Waals surface area contributed by atoms with Crippen LogP contribution in [0.25, 0.3) is 0 Å². The molecule has 0 aliphatic carbocycles. The highest BCUT2D eigenvalue weighted by molar-refractivity contribution is 5.68. The van der Waals surface area contributed by atoms with Crippen molar-refractivity contribution in [2.75, 3.05) is 52.9 Å². The molecule has 0 radical (unpaired) electrons. The van der Waals surface area contributed by atoms with Gasteiger partial charge in [0, 0.05) is 6.61 Å². The summed E-state index contributed by atoms with van der Waals surface area (Å²) in [4.78, 5) is 11.9. The Morgan fingerprint density at radius 2 is 1.53 bits per heavy atom. The Morgan fingerprint density at radius 3 is 2.07 bits per heavy atom. The molecule has 172 valence electrons. The molecule has 1 rings (SSSR count). The predicted molar refractivity (Wildman–Crippen MR) is 114 cm³/mol. The van der Waals surface area contributed by atoms with E-state index in [-0.39, 0.29) is 6.61 Å². The first-order chi connectivity index (χ1) is 14.3. The number of carbonyl (C=O) groups is 1. The van der Waals surface area contributed by atoms with E-state index >= 15 is 0 Å². The number of carbonyl (C=O) groups excluding carboxylic acids is 1. The number of hydrogen-bond acceptors (Lipinski definition) is 7. The normalized spacial score (nSPS) is 12.4. The van der Waals surface area contributed by atoms with Crippen LogP contribution < -0.4 is 10.1 Å². The molecular formula is C22H37NO7. The van der Waals surface area contributed by atoms with Gasteiger partial charge in [0.05, 0.1) is 45.7 Å². The van der Waals surface area contributed by atoms with E-state index < -0.39 is 17.7 Å². The molecule has 1 aromatic rings. The first-order valence-corrected chi connectivity index (χ1v) is 10.4. The number of alkyl carbamates (subject to hydrolysis) is 1. The third-order valence-corrected chi connectivity index (χ3v) is 3.79. The standard InChI is InChI=1S/C22H37NO7/c1-5-26-10-11-27-12-13-28-14-15-29-20-8-6-18(7-9-20)16-19(17-24)23-21(25)30-22(2,3)4/h6-9,19,24H,5,10-17H2,1-4H3,(H,23,25)/t19-/m0/s1. The molecule has 0 aromatic heterocycles. The molecule has 2 N–H and O–H groups in total. The minimum Gasteiger partial charge on any atom is -0.491 e. The van der Waals surface area contributed by atoms with Crippen molar-refractivity contribution < 1.29 is 33.6 Å². The first-order valence-electron chi connectivity index (χ1n) is 10.4. The average Bonchev–Trinajstić information content (AvgIpc) is 2.68. The zero-order chi connectivity index (χ0) is 22.2. The molecule has 0 saturated heterocycles. The highest BCUT2D eigenvalue weighted by Gasteiger charge is 2.19. The Bertz CT molecular complexity index is 572. The summed E-state index contributed by atoms with van der Waals surface area (Å²) in [6.07, 6.45) is -0.0520. The topological polar surface area (TPSA) is 95.5 Å². The van der Waals surface area contributed by atoms with Gasteiger partial charge in [-0.05, 0) is 51.8 Å². The van der Waals surface area contributed by atoms with Gasteiger partial charge < -0.3 is 34.1 Å². The van der Waals surface area contributed by atoms with Gasteiger partial charge in [0.15, 0.2) is 0 Å². The van der Waals surface area contributed by atoms with E-state index in [0.717, 1.165) is 11.3 Å². The summed E-state index contributed by atoms with van der Waals surface area (Å²) in [6.45, 7) is 11.0. The summed E-state index contributed by atoms with van der Waals surface area (Å²) in [6, 6.07) is 7.10. The maximum absolute atomic E-state index is 11.9. The predicted octanol–water partition coefficient (Wildman–Crippen LogP) is 2.56. The van der Waals surface area contributed by atoms with Crippen LogP contribution in [-0.4, -0.2) is 75.7 Å². The second-order valence-corrected chi connectivity index (χ2v) is 7.64. The van der Waals surface area contributed by atoms with E-state index in [0.29, 0.717) is 52.7 Å². The fourth-order valence-electron chi connectivity index (χ4n) is 2.44. The lowest BCUT2D eigenvalue weighted by molar-refractivity contribution is 0.0114. The second kappa shape index (κ2) is 15.0. The minimum absolute atomic E-state index is 0.176. The van der Waals surface area contributed by atoms with Crippen LogP contribution in [0.2, 0.25) is 0 Å². The van der Waals surface area contributed by atoms with Gasteiger partial charge in [-0.1, -0.05) is 12.1 Å². The monoisotopic (exact) mass is 427 g/mol. The van der Waals surface area contributed by atoms with Gasteiger partial charge in [-0.2, -0.15) is 0 Å². The van der Waals surface area contributed by atoms with Crippen LogP contribution in [0.3, 0.4) is 0 Å². The van der Waals surface area contributed by atoms with Gasteiger partial charge in [0.1, 0.15) is 18.0 Å². The molecule has 8 nitrogen and oxygen atoms in total. The molecule has 0 aliphatic heterocycles. The molecule has 30 heavy (non-hydrogen) atoms. The summed E-state index contributed by atoms with van der Waals surface area (Å²) in [7, 11) is 0. The molecular weight excluding hydrogens is 390 g/mol. The van der Waals surface area contributed by atoms with Crippen LogP contribution in [0.5, 0.6) is 5.75 Å². The van der Waals surface area contributed by atoms with Crippen molar-refractivity contribution in [2.45, 2.75) is 45.8 Å². The number of hydrogen-bond donors (Lipinski definition) is 2. The molecule has 0 bridgehead atoms. The number of aliphatic hydroxyl groups is 1. The highest BCUT2D eigenvalue weighted by Crippen LogP contribution is 2.14. The highest BCUT2D eigenvalue weighted by atomic mass is 16.6. The number of aliphatic hydroxyl groups excluding tert-OH is 1. The molecule has 8 heteroatoms. The molecule has 0 saturated carbocycles. The van der Waals surface area contributed by atoms with Gasteiger partial charge >= 0.3 is 6.09 Å².